The third-order valence-corrected chi connectivity index (χ3v) is 4.05. The molecule has 0 fully saturated rings. The van der Waals surface area contributed by atoms with Crippen molar-refractivity contribution in [3.05, 3.63) is 44.6 Å². The molecule has 0 aliphatic heterocycles. The predicted octanol–water partition coefficient (Wildman–Crippen LogP) is 4.13. The summed E-state index contributed by atoms with van der Waals surface area (Å²) in [6.45, 7) is 5.31. The van der Waals surface area contributed by atoms with Gasteiger partial charge in [0.25, 0.3) is 0 Å². The van der Waals surface area contributed by atoms with Gasteiger partial charge < -0.3 is 4.57 Å². The number of hydrogen-bond acceptors (Lipinski definition) is 2. The van der Waals surface area contributed by atoms with Gasteiger partial charge in [-0.15, -0.1) is 11.3 Å². The predicted molar refractivity (Wildman–Crippen MR) is 76.7 cm³/mol. The monoisotopic (exact) mass is 310 g/mol. The zero-order valence-corrected chi connectivity index (χ0v) is 12.4. The highest BCUT2D eigenvalue weighted by Crippen LogP contribution is 2.16. The summed E-state index contributed by atoms with van der Waals surface area (Å²) in [7, 11) is 0. The summed E-state index contributed by atoms with van der Waals surface area (Å²) in [6.07, 6.45) is 1.06. The average Bonchev–Trinajstić information content (AvgIpc) is 2.74. The molecule has 0 atom stereocenters. The first-order valence-electron chi connectivity index (χ1n) is 5.72. The van der Waals surface area contributed by atoms with Gasteiger partial charge in [-0.2, -0.15) is 0 Å². The van der Waals surface area contributed by atoms with Gasteiger partial charge in [0.1, 0.15) is 0 Å². The van der Waals surface area contributed by atoms with Crippen LogP contribution in [0.4, 0.5) is 5.69 Å². The standard InChI is InChI=1S/C13H15BrN2S/c1-3-12-9-17-13(16(12)4-2)15-11-7-5-10(14)6-8-11/h5-9H,3-4H2,1-2H3. The summed E-state index contributed by atoms with van der Waals surface area (Å²) < 4.78 is 3.35. The van der Waals surface area contributed by atoms with E-state index in [1.165, 1.54) is 5.69 Å². The number of hydrogen-bond donors (Lipinski definition) is 0. The van der Waals surface area contributed by atoms with Crippen LogP contribution in [0.25, 0.3) is 0 Å². The Hall–Kier alpha value is -0.870. The van der Waals surface area contributed by atoms with Gasteiger partial charge in [0.15, 0.2) is 4.80 Å². The van der Waals surface area contributed by atoms with Crippen molar-refractivity contribution in [2.24, 2.45) is 4.99 Å². The van der Waals surface area contributed by atoms with Crippen LogP contribution >= 0.6 is 27.3 Å². The molecule has 2 rings (SSSR count). The summed E-state index contributed by atoms with van der Waals surface area (Å²) in [5.74, 6) is 0. The molecule has 2 nitrogen and oxygen atoms in total. The van der Waals surface area contributed by atoms with Crippen LogP contribution in [0.15, 0.2) is 39.1 Å². The number of nitrogens with zero attached hydrogens (tertiary/aromatic N) is 2. The lowest BCUT2D eigenvalue weighted by atomic mass is 10.3. The lowest BCUT2D eigenvalue weighted by Crippen LogP contribution is -2.15. The quantitative estimate of drug-likeness (QED) is 0.811. The maximum atomic E-state index is 4.68. The lowest BCUT2D eigenvalue weighted by Gasteiger charge is -2.02. The number of benzene rings is 1. The molecule has 0 saturated heterocycles. The maximum absolute atomic E-state index is 4.68. The molecule has 0 radical (unpaired) electrons. The van der Waals surface area contributed by atoms with Crippen LogP contribution in [0.5, 0.6) is 0 Å². The minimum absolute atomic E-state index is 0.974. The molecule has 0 bridgehead atoms. The Balaban J connectivity index is 2.45. The highest BCUT2D eigenvalue weighted by molar-refractivity contribution is 9.10. The van der Waals surface area contributed by atoms with Gasteiger partial charge in [0.05, 0.1) is 5.69 Å². The summed E-state index contributed by atoms with van der Waals surface area (Å²) in [5, 5.41) is 2.20. The van der Waals surface area contributed by atoms with E-state index in [0.717, 1.165) is 27.9 Å². The van der Waals surface area contributed by atoms with Crippen LogP contribution < -0.4 is 4.80 Å². The Morgan fingerprint density at radius 1 is 1.24 bits per heavy atom. The Labute approximate surface area is 114 Å². The van der Waals surface area contributed by atoms with Gasteiger partial charge in [-0.3, -0.25) is 0 Å². The van der Waals surface area contributed by atoms with Crippen LogP contribution in [0.3, 0.4) is 0 Å². The van der Waals surface area contributed by atoms with Crippen molar-refractivity contribution in [1.82, 2.24) is 4.57 Å². The summed E-state index contributed by atoms with van der Waals surface area (Å²) >= 11 is 5.14. The molecule has 0 aliphatic rings. The number of thiazole rings is 1. The fraction of sp³-hybridized carbons (Fsp3) is 0.308. The van der Waals surface area contributed by atoms with E-state index in [-0.39, 0.29) is 0 Å². The summed E-state index contributed by atoms with van der Waals surface area (Å²) in [6, 6.07) is 8.08. The number of aromatic nitrogens is 1. The third-order valence-electron chi connectivity index (χ3n) is 2.61. The molecule has 1 aromatic carbocycles. The van der Waals surface area contributed by atoms with Crippen LogP contribution in [-0.4, -0.2) is 4.57 Å². The Bertz CT molecular complexity index is 552. The van der Waals surface area contributed by atoms with Crippen LogP contribution in [0.2, 0.25) is 0 Å². The van der Waals surface area contributed by atoms with E-state index in [1.54, 1.807) is 11.3 Å². The molecule has 0 N–H and O–H groups in total. The van der Waals surface area contributed by atoms with Crippen molar-refractivity contribution in [1.29, 1.82) is 0 Å². The second kappa shape index (κ2) is 5.65. The third kappa shape index (κ3) is 2.87. The first kappa shape index (κ1) is 12.6. The second-order valence-electron chi connectivity index (χ2n) is 3.70. The van der Waals surface area contributed by atoms with E-state index >= 15 is 0 Å². The zero-order valence-electron chi connectivity index (χ0n) is 9.98. The van der Waals surface area contributed by atoms with Gasteiger partial charge in [0.2, 0.25) is 0 Å². The highest BCUT2D eigenvalue weighted by Gasteiger charge is 2.01. The van der Waals surface area contributed by atoms with Crippen LogP contribution in [0.1, 0.15) is 19.5 Å². The van der Waals surface area contributed by atoms with E-state index in [1.807, 2.05) is 24.3 Å². The molecule has 90 valence electrons. The van der Waals surface area contributed by atoms with Gasteiger partial charge >= 0.3 is 0 Å². The first-order chi connectivity index (χ1) is 8.24. The van der Waals surface area contributed by atoms with Crippen molar-refractivity contribution in [2.75, 3.05) is 0 Å². The average molecular weight is 311 g/mol. The molecule has 0 saturated carbocycles. The van der Waals surface area contributed by atoms with E-state index in [2.05, 4.69) is 44.7 Å². The zero-order chi connectivity index (χ0) is 12.3. The van der Waals surface area contributed by atoms with Gasteiger partial charge in [-0.1, -0.05) is 22.9 Å². The largest absolute Gasteiger partial charge is 0.321 e. The number of halogens is 1. The topological polar surface area (TPSA) is 17.3 Å². The minimum Gasteiger partial charge on any atom is -0.321 e. The van der Waals surface area contributed by atoms with E-state index < -0.39 is 0 Å². The molecular formula is C13H15BrN2S. The summed E-state index contributed by atoms with van der Waals surface area (Å²) in [4.78, 5) is 5.76. The van der Waals surface area contributed by atoms with Crippen molar-refractivity contribution in [3.8, 4) is 0 Å². The molecule has 2 aromatic rings. The Morgan fingerprint density at radius 2 is 1.94 bits per heavy atom. The van der Waals surface area contributed by atoms with Gasteiger partial charge in [-0.25, -0.2) is 4.99 Å². The van der Waals surface area contributed by atoms with Crippen molar-refractivity contribution < 1.29 is 0 Å². The highest BCUT2D eigenvalue weighted by atomic mass is 79.9. The molecule has 4 heteroatoms. The fourth-order valence-corrected chi connectivity index (χ4v) is 3.03. The Kier molecular flexibility index (Phi) is 4.18. The molecule has 0 aliphatic carbocycles. The number of rotatable bonds is 3. The molecule has 0 amide bonds. The molecule has 1 heterocycles. The number of aryl methyl sites for hydroxylation is 1. The molecule has 1 aromatic heterocycles. The summed E-state index contributed by atoms with van der Waals surface area (Å²) in [5.41, 5.74) is 2.35. The second-order valence-corrected chi connectivity index (χ2v) is 5.45. The van der Waals surface area contributed by atoms with E-state index in [9.17, 15) is 0 Å². The van der Waals surface area contributed by atoms with Crippen LogP contribution in [0, 0.1) is 0 Å². The molecule has 17 heavy (non-hydrogen) atoms. The van der Waals surface area contributed by atoms with Gasteiger partial charge in [0, 0.05) is 22.1 Å². The fourth-order valence-electron chi connectivity index (χ4n) is 1.70. The van der Waals surface area contributed by atoms with Crippen LogP contribution in [-0.2, 0) is 13.0 Å². The lowest BCUT2D eigenvalue weighted by molar-refractivity contribution is 0.693. The molecular weight excluding hydrogens is 296 g/mol. The van der Waals surface area contributed by atoms with Crippen molar-refractivity contribution >= 4 is 33.0 Å². The first-order valence-corrected chi connectivity index (χ1v) is 7.39. The van der Waals surface area contributed by atoms with Crippen molar-refractivity contribution in [2.45, 2.75) is 26.8 Å². The minimum atomic E-state index is 0.974. The molecule has 0 unspecified atom stereocenters. The smallest absolute Gasteiger partial charge is 0.190 e. The SMILES string of the molecule is CCc1csc(=Nc2ccc(Br)cc2)n1CC. The molecule has 0 spiro atoms. The Morgan fingerprint density at radius 3 is 2.53 bits per heavy atom. The van der Waals surface area contributed by atoms with E-state index in [4.69, 9.17) is 0 Å². The van der Waals surface area contributed by atoms with E-state index in [0.29, 0.717) is 0 Å². The van der Waals surface area contributed by atoms with Gasteiger partial charge in [-0.05, 0) is 37.6 Å². The normalized spacial score (nSPS) is 12.1. The maximum Gasteiger partial charge on any atom is 0.190 e. The van der Waals surface area contributed by atoms with Crippen molar-refractivity contribution in [3.63, 3.8) is 0 Å².